The van der Waals surface area contributed by atoms with Crippen molar-refractivity contribution in [1.82, 2.24) is 10.2 Å². The molecule has 6 nitrogen and oxygen atoms in total. The van der Waals surface area contributed by atoms with Gasteiger partial charge in [0, 0.05) is 28.4 Å². The summed E-state index contributed by atoms with van der Waals surface area (Å²) in [5.74, 6) is 0. The van der Waals surface area contributed by atoms with E-state index in [1.54, 1.807) is 4.90 Å². The highest BCUT2D eigenvalue weighted by Gasteiger charge is 2.26. The molecule has 1 atom stereocenters. The number of hydrogen-bond acceptors (Lipinski definition) is 3. The number of alkyl carbamates (subject to hydrolysis) is 1. The number of urea groups is 1. The fourth-order valence-corrected chi connectivity index (χ4v) is 2.85. The maximum Gasteiger partial charge on any atom is 0.407 e. The molecule has 1 aliphatic heterocycles. The van der Waals surface area contributed by atoms with Crippen LogP contribution in [0.3, 0.4) is 0 Å². The number of hydrogen-bond donors (Lipinski definition) is 2. The van der Waals surface area contributed by atoms with E-state index < -0.39 is 11.7 Å². The minimum Gasteiger partial charge on any atom is -0.444 e. The van der Waals surface area contributed by atoms with Crippen LogP contribution in [0.2, 0.25) is 0 Å². The van der Waals surface area contributed by atoms with Gasteiger partial charge in [-0.2, -0.15) is 0 Å². The van der Waals surface area contributed by atoms with Gasteiger partial charge in [0.2, 0.25) is 0 Å². The van der Waals surface area contributed by atoms with Crippen molar-refractivity contribution >= 4 is 40.4 Å². The monoisotopic (exact) mass is 445 g/mol. The number of nitrogens with one attached hydrogen (secondary N) is 2. The Balaban J connectivity index is 1.86. The number of rotatable bonds is 2. The first-order chi connectivity index (χ1) is 11.2. The summed E-state index contributed by atoms with van der Waals surface area (Å²) in [5.41, 5.74) is 0.239. The molecule has 132 valence electrons. The molecule has 0 saturated carbocycles. The van der Waals surface area contributed by atoms with Crippen LogP contribution in [0.15, 0.2) is 24.3 Å². The second kappa shape index (κ2) is 8.04. The Kier molecular flexibility index (Phi) is 6.31. The molecule has 0 aromatic heterocycles. The van der Waals surface area contributed by atoms with E-state index in [1.807, 2.05) is 45.0 Å². The molecule has 1 unspecified atom stereocenters. The lowest BCUT2D eigenvalue weighted by atomic mass is 10.1. The van der Waals surface area contributed by atoms with E-state index in [9.17, 15) is 9.59 Å². The van der Waals surface area contributed by atoms with Gasteiger partial charge >= 0.3 is 12.1 Å². The van der Waals surface area contributed by atoms with Gasteiger partial charge in [-0.25, -0.2) is 9.59 Å². The van der Waals surface area contributed by atoms with Gasteiger partial charge in [-0.3, -0.25) is 0 Å². The topological polar surface area (TPSA) is 70.7 Å². The molecule has 1 saturated heterocycles. The molecule has 24 heavy (non-hydrogen) atoms. The van der Waals surface area contributed by atoms with Crippen LogP contribution in [0.1, 0.15) is 33.6 Å². The molecular weight excluding hydrogens is 421 g/mol. The summed E-state index contributed by atoms with van der Waals surface area (Å²) in [7, 11) is 0. The minimum atomic E-state index is -0.527. The van der Waals surface area contributed by atoms with Gasteiger partial charge in [0.25, 0.3) is 0 Å². The van der Waals surface area contributed by atoms with E-state index >= 15 is 0 Å². The first-order valence-electron chi connectivity index (χ1n) is 8.04. The zero-order chi connectivity index (χ0) is 17.7. The fraction of sp³-hybridized carbons (Fsp3) is 0.529. The number of carbonyl (C=O) groups excluding carboxylic acids is 2. The van der Waals surface area contributed by atoms with Gasteiger partial charge in [0.05, 0.1) is 0 Å². The van der Waals surface area contributed by atoms with Gasteiger partial charge in [-0.05, 0) is 80.5 Å². The van der Waals surface area contributed by atoms with Crippen molar-refractivity contribution in [2.45, 2.75) is 45.3 Å². The smallest absolute Gasteiger partial charge is 0.407 e. The Labute approximate surface area is 156 Å². The Hall–Kier alpha value is -1.51. The van der Waals surface area contributed by atoms with E-state index in [0.29, 0.717) is 13.1 Å². The normalized spacial score (nSPS) is 18.0. The average molecular weight is 445 g/mol. The fourth-order valence-electron chi connectivity index (χ4n) is 2.49. The van der Waals surface area contributed by atoms with Gasteiger partial charge in [-0.1, -0.05) is 0 Å². The van der Waals surface area contributed by atoms with E-state index in [0.717, 1.165) is 22.1 Å². The minimum absolute atomic E-state index is 0.0870. The zero-order valence-electron chi connectivity index (χ0n) is 14.3. The lowest BCUT2D eigenvalue weighted by Crippen LogP contribution is -2.51. The quantitative estimate of drug-likeness (QED) is 0.681. The summed E-state index contributed by atoms with van der Waals surface area (Å²) in [6.07, 6.45) is 1.25. The van der Waals surface area contributed by atoms with Crippen LogP contribution in [-0.2, 0) is 4.74 Å². The van der Waals surface area contributed by atoms with Gasteiger partial charge in [0.15, 0.2) is 0 Å². The number of ether oxygens (including phenoxy) is 1. The maximum atomic E-state index is 12.4. The molecule has 1 fully saturated rings. The third-order valence-corrected chi connectivity index (χ3v) is 4.24. The second-order valence-corrected chi connectivity index (χ2v) is 8.11. The number of carbonyl (C=O) groups is 2. The van der Waals surface area contributed by atoms with Crippen LogP contribution in [0.5, 0.6) is 0 Å². The number of nitrogens with zero attached hydrogens (tertiary/aromatic N) is 1. The Bertz CT molecular complexity index is 584. The van der Waals surface area contributed by atoms with Crippen molar-refractivity contribution in [2.75, 3.05) is 18.4 Å². The SMILES string of the molecule is CC(C)(C)OC(=O)NC1CCCN(C(=O)Nc2ccc(I)cc2)C1. The van der Waals surface area contributed by atoms with E-state index in [4.69, 9.17) is 4.74 Å². The highest BCUT2D eigenvalue weighted by atomic mass is 127. The number of benzene rings is 1. The van der Waals surface area contributed by atoms with Gasteiger partial charge in [0.1, 0.15) is 5.60 Å². The predicted octanol–water partition coefficient (Wildman–Crippen LogP) is 3.81. The third kappa shape index (κ3) is 6.18. The summed E-state index contributed by atoms with van der Waals surface area (Å²) in [6.45, 7) is 6.65. The summed E-state index contributed by atoms with van der Waals surface area (Å²) in [6, 6.07) is 7.40. The number of likely N-dealkylation sites (tertiary alicyclic amines) is 1. The van der Waals surface area contributed by atoms with Crippen molar-refractivity contribution in [3.8, 4) is 0 Å². The van der Waals surface area contributed by atoms with Gasteiger partial charge < -0.3 is 20.3 Å². The number of amides is 3. The van der Waals surface area contributed by atoms with Crippen molar-refractivity contribution in [2.24, 2.45) is 0 Å². The van der Waals surface area contributed by atoms with Crippen LogP contribution < -0.4 is 10.6 Å². The Morgan fingerprint density at radius 1 is 1.25 bits per heavy atom. The van der Waals surface area contributed by atoms with Crippen molar-refractivity contribution in [3.63, 3.8) is 0 Å². The summed E-state index contributed by atoms with van der Waals surface area (Å²) < 4.78 is 6.39. The number of anilines is 1. The average Bonchev–Trinajstić information content (AvgIpc) is 2.48. The van der Waals surface area contributed by atoms with E-state index in [-0.39, 0.29) is 12.1 Å². The number of piperidine rings is 1. The molecule has 0 aliphatic carbocycles. The van der Waals surface area contributed by atoms with Crippen LogP contribution >= 0.6 is 22.6 Å². The molecule has 2 rings (SSSR count). The number of halogens is 1. The maximum absolute atomic E-state index is 12.4. The molecule has 1 heterocycles. The third-order valence-electron chi connectivity index (χ3n) is 3.52. The Morgan fingerprint density at radius 3 is 2.54 bits per heavy atom. The first kappa shape index (κ1) is 18.8. The molecule has 1 aromatic rings. The second-order valence-electron chi connectivity index (χ2n) is 6.87. The highest BCUT2D eigenvalue weighted by Crippen LogP contribution is 2.15. The highest BCUT2D eigenvalue weighted by molar-refractivity contribution is 14.1. The first-order valence-corrected chi connectivity index (χ1v) is 9.12. The van der Waals surface area contributed by atoms with E-state index in [1.165, 1.54) is 0 Å². The largest absolute Gasteiger partial charge is 0.444 e. The zero-order valence-corrected chi connectivity index (χ0v) is 16.4. The lowest BCUT2D eigenvalue weighted by molar-refractivity contribution is 0.0480. The Morgan fingerprint density at radius 2 is 1.92 bits per heavy atom. The van der Waals surface area contributed by atoms with Crippen LogP contribution in [-0.4, -0.2) is 41.8 Å². The molecule has 0 bridgehead atoms. The summed E-state index contributed by atoms with van der Waals surface area (Å²) in [5, 5.41) is 5.74. The molecule has 0 radical (unpaired) electrons. The molecule has 1 aliphatic rings. The van der Waals surface area contributed by atoms with Crippen molar-refractivity contribution in [3.05, 3.63) is 27.8 Å². The summed E-state index contributed by atoms with van der Waals surface area (Å²) >= 11 is 2.22. The molecule has 0 spiro atoms. The van der Waals surface area contributed by atoms with Crippen LogP contribution in [0.4, 0.5) is 15.3 Å². The molecular formula is C17H24IN3O3. The molecule has 7 heteroatoms. The standard InChI is InChI=1S/C17H24IN3O3/c1-17(2,3)24-16(23)20-14-5-4-10-21(11-14)15(22)19-13-8-6-12(18)7-9-13/h6-9,14H,4-5,10-11H2,1-3H3,(H,19,22)(H,20,23). The van der Waals surface area contributed by atoms with Gasteiger partial charge in [-0.15, -0.1) is 0 Å². The lowest BCUT2D eigenvalue weighted by Gasteiger charge is -2.33. The van der Waals surface area contributed by atoms with Crippen LogP contribution in [0.25, 0.3) is 0 Å². The summed E-state index contributed by atoms with van der Waals surface area (Å²) in [4.78, 5) is 26.0. The predicted molar refractivity (Wildman–Crippen MR) is 102 cm³/mol. The molecule has 1 aromatic carbocycles. The van der Waals surface area contributed by atoms with Crippen LogP contribution in [0, 0.1) is 3.57 Å². The molecule has 3 amide bonds. The van der Waals surface area contributed by atoms with Crippen molar-refractivity contribution in [1.29, 1.82) is 0 Å². The van der Waals surface area contributed by atoms with E-state index in [2.05, 4.69) is 33.2 Å². The van der Waals surface area contributed by atoms with Crippen molar-refractivity contribution < 1.29 is 14.3 Å². The molecule has 2 N–H and O–H groups in total.